The Balaban J connectivity index is 0.00000226. The number of thiol groups is 1. The molecule has 0 unspecified atom stereocenters. The number of halogens is 3. The van der Waals surface area contributed by atoms with E-state index in [4.69, 9.17) is 19.3 Å². The third-order valence-electron chi connectivity index (χ3n) is 5.93. The van der Waals surface area contributed by atoms with Gasteiger partial charge in [-0.2, -0.15) is 12.6 Å². The topological polar surface area (TPSA) is 69.0 Å². The monoisotopic (exact) mass is 607 g/mol. The molecule has 0 amide bonds. The Morgan fingerprint density at radius 2 is 1.61 bits per heavy atom. The molecule has 0 bridgehead atoms. The summed E-state index contributed by atoms with van der Waals surface area (Å²) in [5.74, 6) is 0.710. The Morgan fingerprint density at radius 3 is 2.22 bits per heavy atom. The zero-order valence-electron chi connectivity index (χ0n) is 23.1. The van der Waals surface area contributed by atoms with Crippen LogP contribution in [-0.4, -0.2) is 55.4 Å². The molecule has 1 heterocycles. The van der Waals surface area contributed by atoms with E-state index >= 15 is 0 Å². The summed E-state index contributed by atoms with van der Waals surface area (Å²) in [4.78, 5) is 6.41. The van der Waals surface area contributed by atoms with E-state index in [1.165, 1.54) is 24.3 Å². The fourth-order valence-corrected chi connectivity index (χ4v) is 4.99. The van der Waals surface area contributed by atoms with Crippen molar-refractivity contribution < 1.29 is 32.5 Å². The maximum Gasteiger partial charge on any atom is 0.174 e. The van der Waals surface area contributed by atoms with Crippen molar-refractivity contribution in [1.82, 2.24) is 9.55 Å². The van der Waals surface area contributed by atoms with Crippen LogP contribution in [0, 0.1) is 17.5 Å². The molecule has 220 valence electrons. The Labute approximate surface area is 247 Å². The van der Waals surface area contributed by atoms with Gasteiger partial charge in [0.2, 0.25) is 0 Å². The molecule has 7 nitrogen and oxygen atoms in total. The first-order valence-corrected chi connectivity index (χ1v) is 14.1. The van der Waals surface area contributed by atoms with Crippen LogP contribution < -0.4 is 19.1 Å². The van der Waals surface area contributed by atoms with Gasteiger partial charge in [-0.1, -0.05) is 11.8 Å². The van der Waals surface area contributed by atoms with E-state index in [1.54, 1.807) is 43.2 Å². The van der Waals surface area contributed by atoms with Gasteiger partial charge >= 0.3 is 0 Å². The molecule has 4 aromatic rings. The van der Waals surface area contributed by atoms with Crippen LogP contribution in [0.1, 0.15) is 12.0 Å². The molecular formula is C29H32F3N3O4S2. The van der Waals surface area contributed by atoms with E-state index in [0.717, 1.165) is 24.6 Å². The highest BCUT2D eigenvalue weighted by Gasteiger charge is 2.20. The number of ether oxygens (including phenoxy) is 3. The third kappa shape index (κ3) is 7.84. The van der Waals surface area contributed by atoms with Crippen molar-refractivity contribution in [1.29, 1.82) is 0 Å². The largest absolute Gasteiger partial charge is 0.493 e. The molecule has 0 radical (unpaired) electrons. The quantitative estimate of drug-likeness (QED) is 0.106. The molecule has 0 aliphatic rings. The Hall–Kier alpha value is -3.48. The normalized spacial score (nSPS) is 10.6. The number of methoxy groups -OCH3 is 2. The highest BCUT2D eigenvalue weighted by atomic mass is 32.2. The van der Waals surface area contributed by atoms with Gasteiger partial charge in [-0.25, -0.2) is 18.2 Å². The van der Waals surface area contributed by atoms with Crippen molar-refractivity contribution in [3.05, 3.63) is 83.8 Å². The standard InChI is InChI=1S/C28H28F3N3O3S2.CH4O/c1-33(20-9-10-25(35-2)26(13-20)36-3)27-16-32-28(34(27)19-7-5-18(29)6-8-19)39-17-22-23(30)14-21(15-24(22)31)37-11-4-12-38;1-2/h5-10,13-16,38H,4,11-12,17H2,1-3H3;2H,1H3. The first kappa shape index (κ1) is 32.0. The first-order valence-electron chi connectivity index (χ1n) is 12.4. The SMILES string of the molecule is CO.COc1ccc(N(C)c2cnc(SCc3c(F)cc(OCCCS)cc3F)n2-c2ccc(F)cc2)cc1OC. The summed E-state index contributed by atoms with van der Waals surface area (Å²) >= 11 is 5.26. The van der Waals surface area contributed by atoms with Crippen LogP contribution in [-0.2, 0) is 5.75 Å². The third-order valence-corrected chi connectivity index (χ3v) is 7.22. The van der Waals surface area contributed by atoms with E-state index in [9.17, 15) is 13.2 Å². The number of benzene rings is 3. The van der Waals surface area contributed by atoms with Crippen LogP contribution in [0.5, 0.6) is 17.2 Å². The first-order chi connectivity index (χ1) is 19.9. The average Bonchev–Trinajstić information content (AvgIpc) is 3.41. The fourth-order valence-electron chi connectivity index (χ4n) is 3.86. The van der Waals surface area contributed by atoms with Crippen molar-refractivity contribution >= 4 is 35.9 Å². The van der Waals surface area contributed by atoms with Gasteiger partial charge in [0.25, 0.3) is 0 Å². The molecule has 0 aliphatic heterocycles. The van der Waals surface area contributed by atoms with Gasteiger partial charge in [0.15, 0.2) is 16.7 Å². The van der Waals surface area contributed by atoms with Gasteiger partial charge in [0.05, 0.1) is 27.0 Å². The molecule has 0 saturated carbocycles. The number of hydrogen-bond donors (Lipinski definition) is 2. The second-order valence-corrected chi connectivity index (χ2v) is 9.78. The Morgan fingerprint density at radius 1 is 0.951 bits per heavy atom. The van der Waals surface area contributed by atoms with Gasteiger partial charge in [-0.05, 0) is 48.6 Å². The highest BCUT2D eigenvalue weighted by molar-refractivity contribution is 7.98. The number of hydrogen-bond acceptors (Lipinski definition) is 8. The number of anilines is 2. The molecule has 1 aromatic heterocycles. The molecule has 41 heavy (non-hydrogen) atoms. The van der Waals surface area contributed by atoms with E-state index in [-0.39, 0.29) is 22.9 Å². The van der Waals surface area contributed by atoms with Crippen molar-refractivity contribution in [3.63, 3.8) is 0 Å². The average molecular weight is 608 g/mol. The van der Waals surface area contributed by atoms with Crippen LogP contribution in [0.2, 0.25) is 0 Å². The van der Waals surface area contributed by atoms with E-state index < -0.39 is 11.6 Å². The lowest BCUT2D eigenvalue weighted by atomic mass is 10.2. The molecule has 0 spiro atoms. The predicted molar refractivity (Wildman–Crippen MR) is 159 cm³/mol. The minimum atomic E-state index is -0.703. The van der Waals surface area contributed by atoms with Gasteiger partial charge in [-0.3, -0.25) is 4.57 Å². The van der Waals surface area contributed by atoms with E-state index in [2.05, 4.69) is 17.6 Å². The minimum Gasteiger partial charge on any atom is -0.493 e. The molecule has 4 rings (SSSR count). The number of aliphatic hydroxyl groups is 1. The molecule has 0 aliphatic carbocycles. The van der Waals surface area contributed by atoms with Gasteiger partial charge < -0.3 is 24.2 Å². The molecule has 1 N–H and O–H groups in total. The van der Waals surface area contributed by atoms with Crippen LogP contribution in [0.25, 0.3) is 5.69 Å². The van der Waals surface area contributed by atoms with Crippen LogP contribution in [0.15, 0.2) is 66.0 Å². The second-order valence-electron chi connectivity index (χ2n) is 8.39. The number of imidazole rings is 1. The molecule has 0 atom stereocenters. The smallest absolute Gasteiger partial charge is 0.174 e. The molecule has 12 heteroatoms. The van der Waals surface area contributed by atoms with E-state index in [0.29, 0.717) is 46.9 Å². The summed E-state index contributed by atoms with van der Waals surface area (Å²) in [5.41, 5.74) is 1.32. The van der Waals surface area contributed by atoms with Crippen molar-refractivity contribution in [3.8, 4) is 22.9 Å². The second kappa shape index (κ2) is 15.5. The number of rotatable bonds is 12. The summed E-state index contributed by atoms with van der Waals surface area (Å²) in [7, 11) is 5.96. The Bertz CT molecular complexity index is 1400. The number of aliphatic hydroxyl groups excluding tert-OH is 1. The van der Waals surface area contributed by atoms with E-state index in [1.807, 2.05) is 24.1 Å². The molecular weight excluding hydrogens is 575 g/mol. The number of nitrogens with zero attached hydrogens (tertiary/aromatic N) is 3. The summed E-state index contributed by atoms with van der Waals surface area (Å²) in [6, 6.07) is 13.7. The summed E-state index contributed by atoms with van der Waals surface area (Å²) in [6.07, 6.45) is 2.31. The fraction of sp³-hybridized carbons (Fsp3) is 0.276. The van der Waals surface area contributed by atoms with Gasteiger partial charge in [0.1, 0.15) is 29.0 Å². The number of aromatic nitrogens is 2. The van der Waals surface area contributed by atoms with Crippen molar-refractivity contribution in [2.45, 2.75) is 17.3 Å². The lowest BCUT2D eigenvalue weighted by molar-refractivity contribution is 0.315. The predicted octanol–water partition coefficient (Wildman–Crippen LogP) is 6.67. The zero-order chi connectivity index (χ0) is 29.9. The zero-order valence-corrected chi connectivity index (χ0v) is 24.8. The summed E-state index contributed by atoms with van der Waals surface area (Å²) < 4.78 is 61.4. The molecule has 3 aromatic carbocycles. The Kier molecular flexibility index (Phi) is 12.1. The minimum absolute atomic E-state index is 0.0215. The molecule has 0 saturated heterocycles. The lowest BCUT2D eigenvalue weighted by Gasteiger charge is -2.23. The maximum absolute atomic E-state index is 14.8. The highest BCUT2D eigenvalue weighted by Crippen LogP contribution is 2.37. The van der Waals surface area contributed by atoms with Crippen molar-refractivity contribution in [2.75, 3.05) is 45.6 Å². The number of thioether (sulfide) groups is 1. The van der Waals surface area contributed by atoms with Crippen molar-refractivity contribution in [2.24, 2.45) is 0 Å². The van der Waals surface area contributed by atoms with Gasteiger partial charge in [0, 0.05) is 55.0 Å². The van der Waals surface area contributed by atoms with Crippen LogP contribution >= 0.6 is 24.4 Å². The van der Waals surface area contributed by atoms with Gasteiger partial charge in [-0.15, -0.1) is 0 Å². The maximum atomic E-state index is 14.8. The lowest BCUT2D eigenvalue weighted by Crippen LogP contribution is -2.14. The van der Waals surface area contributed by atoms with Crippen LogP contribution in [0.3, 0.4) is 0 Å². The summed E-state index contributed by atoms with van der Waals surface area (Å²) in [5, 5.41) is 7.47. The summed E-state index contributed by atoms with van der Waals surface area (Å²) in [6.45, 7) is 0.321. The van der Waals surface area contributed by atoms with Crippen LogP contribution in [0.4, 0.5) is 24.7 Å². The molecule has 0 fully saturated rings.